The molecule has 0 radical (unpaired) electrons. The van der Waals surface area contributed by atoms with E-state index in [9.17, 15) is 0 Å². The molecule has 0 N–H and O–H groups in total. The lowest BCUT2D eigenvalue weighted by Gasteiger charge is -2.04. The van der Waals surface area contributed by atoms with Crippen LogP contribution in [-0.4, -0.2) is 0 Å². The summed E-state index contributed by atoms with van der Waals surface area (Å²) in [6.45, 7) is 3.80. The van der Waals surface area contributed by atoms with Crippen LogP contribution in [0.2, 0.25) is 0 Å². The Bertz CT molecular complexity index is 472. The van der Waals surface area contributed by atoms with Gasteiger partial charge in [0, 0.05) is 4.47 Å². The van der Waals surface area contributed by atoms with E-state index in [0.29, 0.717) is 0 Å². The molecular weight excluding hydrogens is 248 g/mol. The molecule has 0 nitrogen and oxygen atoms in total. The van der Waals surface area contributed by atoms with Crippen molar-refractivity contribution in [1.82, 2.24) is 0 Å². The van der Waals surface area contributed by atoms with E-state index in [1.807, 2.05) is 24.3 Å². The molecule has 0 atom stereocenters. The smallest absolute Gasteiger partial charge is 0.0247 e. The van der Waals surface area contributed by atoms with Crippen LogP contribution in [0.4, 0.5) is 0 Å². The van der Waals surface area contributed by atoms with Crippen LogP contribution in [0.3, 0.4) is 0 Å². The topological polar surface area (TPSA) is 0 Å². The molecule has 0 fully saturated rings. The number of hydrogen-bond acceptors (Lipinski definition) is 0. The Morgan fingerprint density at radius 3 is 2.33 bits per heavy atom. The third-order valence-corrected chi connectivity index (χ3v) is 3.05. The molecule has 0 aliphatic heterocycles. The number of halogens is 1. The predicted octanol–water partition coefficient (Wildman–Crippen LogP) is 4.76. The Kier molecular flexibility index (Phi) is 3.02. The van der Waals surface area contributed by atoms with Gasteiger partial charge in [-0.2, -0.15) is 0 Å². The van der Waals surface area contributed by atoms with Crippen LogP contribution in [-0.2, 0) is 0 Å². The molecular formula is C14H11Br. The second kappa shape index (κ2) is 4.45. The van der Waals surface area contributed by atoms with Gasteiger partial charge in [0.15, 0.2) is 0 Å². The van der Waals surface area contributed by atoms with Gasteiger partial charge in [-0.1, -0.05) is 65.0 Å². The van der Waals surface area contributed by atoms with E-state index in [1.54, 1.807) is 0 Å². The summed E-state index contributed by atoms with van der Waals surface area (Å²) in [4.78, 5) is 0. The summed E-state index contributed by atoms with van der Waals surface area (Å²) in [5.41, 5.74) is 3.57. The fourth-order valence-corrected chi connectivity index (χ4v) is 1.92. The Labute approximate surface area is 98.4 Å². The minimum atomic E-state index is 1.08. The molecule has 2 aromatic rings. The molecule has 74 valence electrons. The highest BCUT2D eigenvalue weighted by molar-refractivity contribution is 9.10. The molecule has 0 unspecified atom stereocenters. The summed E-state index contributed by atoms with van der Waals surface area (Å²) in [5, 5.41) is 0. The van der Waals surface area contributed by atoms with Crippen LogP contribution in [0.1, 0.15) is 5.56 Å². The van der Waals surface area contributed by atoms with Crippen molar-refractivity contribution in [3.63, 3.8) is 0 Å². The van der Waals surface area contributed by atoms with Crippen LogP contribution in [0, 0.1) is 0 Å². The van der Waals surface area contributed by atoms with Gasteiger partial charge in [0.25, 0.3) is 0 Å². The first-order valence-electron chi connectivity index (χ1n) is 4.78. The van der Waals surface area contributed by atoms with E-state index in [4.69, 9.17) is 0 Å². The van der Waals surface area contributed by atoms with E-state index in [1.165, 1.54) is 11.1 Å². The first-order chi connectivity index (χ1) is 7.31. The summed E-state index contributed by atoms with van der Waals surface area (Å²) >= 11 is 3.49. The average molecular weight is 259 g/mol. The van der Waals surface area contributed by atoms with Gasteiger partial charge >= 0.3 is 0 Å². The molecule has 15 heavy (non-hydrogen) atoms. The van der Waals surface area contributed by atoms with Gasteiger partial charge in [-0.15, -0.1) is 0 Å². The van der Waals surface area contributed by atoms with Gasteiger partial charge in [0.05, 0.1) is 0 Å². The van der Waals surface area contributed by atoms with Gasteiger partial charge in [-0.25, -0.2) is 0 Å². The van der Waals surface area contributed by atoms with Crippen LogP contribution in [0.5, 0.6) is 0 Å². The Morgan fingerprint density at radius 2 is 1.67 bits per heavy atom. The Balaban J connectivity index is 2.51. The lowest BCUT2D eigenvalue weighted by Crippen LogP contribution is -1.80. The van der Waals surface area contributed by atoms with Crippen molar-refractivity contribution in [3.05, 3.63) is 65.1 Å². The molecule has 0 aliphatic carbocycles. The van der Waals surface area contributed by atoms with Crippen LogP contribution in [0.15, 0.2) is 59.6 Å². The molecule has 0 aliphatic rings. The molecule has 1 heteroatoms. The largest absolute Gasteiger partial charge is 0.0984 e. The highest BCUT2D eigenvalue weighted by Crippen LogP contribution is 2.25. The van der Waals surface area contributed by atoms with Crippen LogP contribution in [0.25, 0.3) is 17.2 Å². The van der Waals surface area contributed by atoms with Gasteiger partial charge in [0.1, 0.15) is 0 Å². The standard InChI is InChI=1S/C14H11Br/c1-2-11-10-13(8-9-14(11)15)12-6-4-3-5-7-12/h2-10H,1H2. The number of benzene rings is 2. The number of hydrogen-bond donors (Lipinski definition) is 0. The molecule has 2 aromatic carbocycles. The normalized spacial score (nSPS) is 9.93. The Morgan fingerprint density at radius 1 is 0.933 bits per heavy atom. The first-order valence-corrected chi connectivity index (χ1v) is 5.58. The first kappa shape index (κ1) is 10.2. The molecule has 2 rings (SSSR count). The maximum absolute atomic E-state index is 3.80. The van der Waals surface area contributed by atoms with Crippen molar-refractivity contribution in [3.8, 4) is 11.1 Å². The molecule has 0 heterocycles. The average Bonchev–Trinajstić information content (AvgIpc) is 2.31. The van der Waals surface area contributed by atoms with E-state index in [-0.39, 0.29) is 0 Å². The zero-order chi connectivity index (χ0) is 10.7. The highest BCUT2D eigenvalue weighted by Gasteiger charge is 2.00. The zero-order valence-corrected chi connectivity index (χ0v) is 9.87. The monoisotopic (exact) mass is 258 g/mol. The molecule has 0 amide bonds. The molecule has 0 spiro atoms. The lowest BCUT2D eigenvalue weighted by molar-refractivity contribution is 1.57. The van der Waals surface area contributed by atoms with Crippen LogP contribution < -0.4 is 0 Å². The van der Waals surface area contributed by atoms with Gasteiger partial charge in [-0.05, 0) is 28.8 Å². The Hall–Kier alpha value is -1.34. The molecule has 0 bridgehead atoms. The third kappa shape index (κ3) is 2.18. The summed E-state index contributed by atoms with van der Waals surface area (Å²) < 4.78 is 1.08. The summed E-state index contributed by atoms with van der Waals surface area (Å²) in [6, 6.07) is 16.6. The predicted molar refractivity (Wildman–Crippen MR) is 69.7 cm³/mol. The highest BCUT2D eigenvalue weighted by atomic mass is 79.9. The van der Waals surface area contributed by atoms with Gasteiger partial charge in [0.2, 0.25) is 0 Å². The summed E-state index contributed by atoms with van der Waals surface area (Å²) in [5.74, 6) is 0. The minimum Gasteiger partial charge on any atom is -0.0984 e. The summed E-state index contributed by atoms with van der Waals surface area (Å²) in [6.07, 6.45) is 1.86. The molecule has 0 saturated heterocycles. The maximum Gasteiger partial charge on any atom is 0.0247 e. The van der Waals surface area contributed by atoms with Crippen molar-refractivity contribution in [2.24, 2.45) is 0 Å². The minimum absolute atomic E-state index is 1.08. The fraction of sp³-hybridized carbons (Fsp3) is 0. The van der Waals surface area contributed by atoms with Crippen molar-refractivity contribution < 1.29 is 0 Å². The maximum atomic E-state index is 3.80. The van der Waals surface area contributed by atoms with Crippen molar-refractivity contribution in [1.29, 1.82) is 0 Å². The third-order valence-electron chi connectivity index (χ3n) is 2.32. The second-order valence-electron chi connectivity index (χ2n) is 3.31. The van der Waals surface area contributed by atoms with E-state index in [2.05, 4.69) is 52.8 Å². The van der Waals surface area contributed by atoms with Crippen molar-refractivity contribution in [2.75, 3.05) is 0 Å². The van der Waals surface area contributed by atoms with E-state index >= 15 is 0 Å². The SMILES string of the molecule is C=Cc1cc(-c2ccccc2)ccc1Br. The second-order valence-corrected chi connectivity index (χ2v) is 4.16. The van der Waals surface area contributed by atoms with Crippen LogP contribution >= 0.6 is 15.9 Å². The quantitative estimate of drug-likeness (QED) is 0.729. The van der Waals surface area contributed by atoms with Gasteiger partial charge < -0.3 is 0 Å². The lowest BCUT2D eigenvalue weighted by atomic mass is 10.0. The number of rotatable bonds is 2. The molecule has 0 aromatic heterocycles. The summed E-state index contributed by atoms with van der Waals surface area (Å²) in [7, 11) is 0. The molecule has 0 saturated carbocycles. The van der Waals surface area contributed by atoms with E-state index in [0.717, 1.165) is 10.0 Å². The van der Waals surface area contributed by atoms with Crippen molar-refractivity contribution >= 4 is 22.0 Å². The van der Waals surface area contributed by atoms with Gasteiger partial charge in [-0.3, -0.25) is 0 Å². The zero-order valence-electron chi connectivity index (χ0n) is 8.28. The fourth-order valence-electron chi connectivity index (χ4n) is 1.51. The van der Waals surface area contributed by atoms with Crippen molar-refractivity contribution in [2.45, 2.75) is 0 Å². The van der Waals surface area contributed by atoms with E-state index < -0.39 is 0 Å².